The van der Waals surface area contributed by atoms with Crippen LogP contribution in [0.1, 0.15) is 23.8 Å². The number of alkyl halides is 3. The van der Waals surface area contributed by atoms with Crippen molar-refractivity contribution >= 4 is 27.5 Å². The minimum absolute atomic E-state index is 0.0000891. The number of aromatic amines is 1. The highest BCUT2D eigenvalue weighted by Gasteiger charge is 2.62. The molecular weight excluding hydrogens is 405 g/mol. The summed E-state index contributed by atoms with van der Waals surface area (Å²) in [6.07, 6.45) is -5.84. The Bertz CT molecular complexity index is 864. The number of aliphatic hydroxyl groups is 1. The molecule has 3 rings (SSSR count). The van der Waals surface area contributed by atoms with Crippen LogP contribution in [0.4, 0.5) is 13.2 Å². The van der Waals surface area contributed by atoms with Crippen molar-refractivity contribution in [2.24, 2.45) is 5.10 Å². The molecule has 0 fully saturated rings. The summed E-state index contributed by atoms with van der Waals surface area (Å²) in [6.45, 7) is 1.31. The van der Waals surface area contributed by atoms with E-state index in [2.05, 4.69) is 31.2 Å². The maximum atomic E-state index is 13.2. The molecule has 2 aromatic rings. The standard InChI is InChI=1S/C15H12BrF3N4O2/c1-8-7-14(25,15(17,18)19)23(22-8)13(24)12-6-11(20-21-12)9-3-2-4-10(16)5-9/h2-6,25H,7H2,1H3,(H,20,21)/t14-/m1/s1. The number of hydrogen-bond donors (Lipinski definition) is 2. The quantitative estimate of drug-likeness (QED) is 0.787. The first-order valence-corrected chi connectivity index (χ1v) is 7.90. The lowest BCUT2D eigenvalue weighted by Gasteiger charge is -2.32. The molecule has 1 aliphatic rings. The third-order valence-electron chi connectivity index (χ3n) is 3.70. The number of nitrogens with zero attached hydrogens (tertiary/aromatic N) is 3. The second-order valence-corrected chi connectivity index (χ2v) is 6.54. The molecule has 2 N–H and O–H groups in total. The lowest BCUT2D eigenvalue weighted by Crippen LogP contribution is -2.56. The average Bonchev–Trinajstić information content (AvgIpc) is 3.11. The fourth-order valence-electron chi connectivity index (χ4n) is 2.50. The van der Waals surface area contributed by atoms with E-state index in [0.29, 0.717) is 11.3 Å². The largest absolute Gasteiger partial charge is 0.438 e. The van der Waals surface area contributed by atoms with Crippen LogP contribution in [0.25, 0.3) is 11.3 Å². The number of hydrogen-bond acceptors (Lipinski definition) is 4. The van der Waals surface area contributed by atoms with E-state index in [1.807, 2.05) is 0 Å². The van der Waals surface area contributed by atoms with Gasteiger partial charge in [0, 0.05) is 22.2 Å². The molecule has 0 unspecified atom stereocenters. The molecule has 1 atom stereocenters. The number of rotatable bonds is 2. The van der Waals surface area contributed by atoms with Crippen molar-refractivity contribution < 1.29 is 23.1 Å². The maximum Gasteiger partial charge on any atom is 0.438 e. The fourth-order valence-corrected chi connectivity index (χ4v) is 2.89. The van der Waals surface area contributed by atoms with Crippen LogP contribution in [-0.2, 0) is 0 Å². The Labute approximate surface area is 148 Å². The highest BCUT2D eigenvalue weighted by atomic mass is 79.9. The van der Waals surface area contributed by atoms with Crippen molar-refractivity contribution in [3.8, 4) is 11.3 Å². The number of carbonyl (C=O) groups is 1. The first-order valence-electron chi connectivity index (χ1n) is 7.11. The van der Waals surface area contributed by atoms with Crippen molar-refractivity contribution in [1.29, 1.82) is 0 Å². The van der Waals surface area contributed by atoms with E-state index in [9.17, 15) is 23.1 Å². The third-order valence-corrected chi connectivity index (χ3v) is 4.19. The number of halogens is 4. The van der Waals surface area contributed by atoms with Crippen molar-refractivity contribution in [3.63, 3.8) is 0 Å². The Hall–Kier alpha value is -2.20. The number of carbonyl (C=O) groups excluding carboxylic acids is 1. The molecule has 25 heavy (non-hydrogen) atoms. The molecule has 0 saturated heterocycles. The molecule has 0 spiro atoms. The number of aromatic nitrogens is 2. The summed E-state index contributed by atoms with van der Waals surface area (Å²) < 4.78 is 40.4. The molecule has 6 nitrogen and oxygen atoms in total. The van der Waals surface area contributed by atoms with Gasteiger partial charge in [0.1, 0.15) is 5.69 Å². The van der Waals surface area contributed by atoms with Gasteiger partial charge >= 0.3 is 6.18 Å². The van der Waals surface area contributed by atoms with E-state index >= 15 is 0 Å². The summed E-state index contributed by atoms with van der Waals surface area (Å²) >= 11 is 3.30. The van der Waals surface area contributed by atoms with Gasteiger partial charge in [-0.25, -0.2) is 0 Å². The summed E-state index contributed by atoms with van der Waals surface area (Å²) in [6, 6.07) is 8.34. The van der Waals surface area contributed by atoms with Gasteiger partial charge in [-0.3, -0.25) is 9.89 Å². The molecular formula is C15H12BrF3N4O2. The van der Waals surface area contributed by atoms with Crippen LogP contribution in [0.5, 0.6) is 0 Å². The SMILES string of the molecule is CC1=NN(C(=O)c2cc(-c3cccc(Br)c3)n[nH]2)[C@](O)(C(F)(F)F)C1. The van der Waals surface area contributed by atoms with Crippen molar-refractivity contribution in [2.75, 3.05) is 0 Å². The first kappa shape index (κ1) is 17.6. The Morgan fingerprint density at radius 3 is 2.76 bits per heavy atom. The smallest absolute Gasteiger partial charge is 0.362 e. The summed E-state index contributed by atoms with van der Waals surface area (Å²) in [5, 5.41) is 19.9. The maximum absolute atomic E-state index is 13.2. The van der Waals surface area contributed by atoms with E-state index in [0.717, 1.165) is 4.47 Å². The van der Waals surface area contributed by atoms with E-state index in [4.69, 9.17) is 0 Å². The van der Waals surface area contributed by atoms with Gasteiger partial charge in [0.05, 0.1) is 5.69 Å². The zero-order valence-electron chi connectivity index (χ0n) is 12.8. The van der Waals surface area contributed by atoms with E-state index in [-0.39, 0.29) is 16.4 Å². The second-order valence-electron chi connectivity index (χ2n) is 5.62. The highest BCUT2D eigenvalue weighted by Crippen LogP contribution is 2.40. The molecule has 1 aromatic heterocycles. The minimum atomic E-state index is -5.04. The first-order chi connectivity index (χ1) is 11.6. The molecule has 0 radical (unpaired) electrons. The molecule has 1 amide bonds. The molecule has 10 heteroatoms. The summed E-state index contributed by atoms with van der Waals surface area (Å²) in [4.78, 5) is 12.4. The van der Waals surface area contributed by atoms with Crippen molar-refractivity contribution in [3.05, 3.63) is 40.5 Å². The van der Waals surface area contributed by atoms with Crippen LogP contribution in [-0.4, -0.2) is 43.8 Å². The van der Waals surface area contributed by atoms with Gasteiger partial charge in [-0.1, -0.05) is 28.1 Å². The van der Waals surface area contributed by atoms with E-state index in [1.54, 1.807) is 24.3 Å². The van der Waals surface area contributed by atoms with Crippen LogP contribution >= 0.6 is 15.9 Å². The zero-order valence-corrected chi connectivity index (χ0v) is 14.4. The highest BCUT2D eigenvalue weighted by molar-refractivity contribution is 9.10. The monoisotopic (exact) mass is 416 g/mol. The van der Waals surface area contributed by atoms with Crippen LogP contribution < -0.4 is 0 Å². The number of amides is 1. The number of H-pyrrole nitrogens is 1. The number of hydrazone groups is 1. The Kier molecular flexibility index (Phi) is 4.20. The molecule has 1 aromatic carbocycles. The predicted molar refractivity (Wildman–Crippen MR) is 86.6 cm³/mol. The summed E-state index contributed by atoms with van der Waals surface area (Å²) in [5.74, 6) is -1.12. The van der Waals surface area contributed by atoms with Crippen LogP contribution in [0.15, 0.2) is 39.9 Å². The van der Waals surface area contributed by atoms with Gasteiger partial charge in [-0.2, -0.15) is 28.4 Å². The molecule has 0 saturated carbocycles. The van der Waals surface area contributed by atoms with Crippen molar-refractivity contribution in [2.45, 2.75) is 25.2 Å². The Morgan fingerprint density at radius 2 is 2.12 bits per heavy atom. The van der Waals surface area contributed by atoms with E-state index < -0.39 is 24.2 Å². The molecule has 2 heterocycles. The molecule has 132 valence electrons. The lowest BCUT2D eigenvalue weighted by molar-refractivity contribution is -0.297. The van der Waals surface area contributed by atoms with Crippen LogP contribution in [0, 0.1) is 0 Å². The zero-order chi connectivity index (χ0) is 18.4. The van der Waals surface area contributed by atoms with Gasteiger partial charge in [0.25, 0.3) is 11.6 Å². The van der Waals surface area contributed by atoms with Gasteiger partial charge in [-0.15, -0.1) is 0 Å². The second kappa shape index (κ2) is 5.95. The molecule has 0 bridgehead atoms. The van der Waals surface area contributed by atoms with Gasteiger partial charge in [-0.05, 0) is 25.1 Å². The summed E-state index contributed by atoms with van der Waals surface area (Å²) in [5.41, 5.74) is -2.54. The van der Waals surface area contributed by atoms with Crippen molar-refractivity contribution in [1.82, 2.24) is 15.2 Å². The Balaban J connectivity index is 1.94. The number of nitrogens with one attached hydrogen (secondary N) is 1. The Morgan fingerprint density at radius 1 is 1.40 bits per heavy atom. The molecule has 0 aliphatic carbocycles. The van der Waals surface area contributed by atoms with Crippen LogP contribution in [0.2, 0.25) is 0 Å². The average molecular weight is 417 g/mol. The third kappa shape index (κ3) is 3.07. The van der Waals surface area contributed by atoms with Gasteiger partial charge in [0.2, 0.25) is 0 Å². The van der Waals surface area contributed by atoms with Gasteiger partial charge < -0.3 is 5.11 Å². The molecule has 1 aliphatic heterocycles. The summed E-state index contributed by atoms with van der Waals surface area (Å²) in [7, 11) is 0. The minimum Gasteiger partial charge on any atom is -0.362 e. The topological polar surface area (TPSA) is 81.6 Å². The van der Waals surface area contributed by atoms with Crippen LogP contribution in [0.3, 0.4) is 0 Å². The van der Waals surface area contributed by atoms with E-state index in [1.165, 1.54) is 13.0 Å². The lowest BCUT2D eigenvalue weighted by atomic mass is 10.1. The number of benzene rings is 1. The van der Waals surface area contributed by atoms with Gasteiger partial charge in [0.15, 0.2) is 0 Å². The predicted octanol–water partition coefficient (Wildman–Crippen LogP) is 3.31. The fraction of sp³-hybridized carbons (Fsp3) is 0.267. The normalized spacial score (nSPS) is 20.7.